The molecule has 1 aromatic rings. The van der Waals surface area contributed by atoms with Crippen molar-refractivity contribution in [3.63, 3.8) is 0 Å². The lowest BCUT2D eigenvalue weighted by atomic mass is 10.0. The molecule has 0 atom stereocenters. The molecule has 0 amide bonds. The summed E-state index contributed by atoms with van der Waals surface area (Å²) in [5, 5.41) is 0. The highest BCUT2D eigenvalue weighted by Crippen LogP contribution is 2.27. The molecule has 1 fully saturated rings. The van der Waals surface area contributed by atoms with Gasteiger partial charge in [-0.25, -0.2) is 4.39 Å². The quantitative estimate of drug-likeness (QED) is 0.796. The van der Waals surface area contributed by atoms with E-state index in [-0.39, 0.29) is 18.7 Å². The lowest BCUT2D eigenvalue weighted by Crippen LogP contribution is -2.48. The van der Waals surface area contributed by atoms with Crippen LogP contribution in [0.4, 0.5) is 4.39 Å². The van der Waals surface area contributed by atoms with Crippen molar-refractivity contribution in [3.8, 4) is 0 Å². The second-order valence-electron chi connectivity index (χ2n) is 5.90. The van der Waals surface area contributed by atoms with Crippen LogP contribution in [0.3, 0.4) is 0 Å². The third kappa shape index (κ3) is 4.25. The lowest BCUT2D eigenvalue weighted by Gasteiger charge is -2.39. The first-order chi connectivity index (χ1) is 10.1. The van der Waals surface area contributed by atoms with E-state index in [1.807, 2.05) is 6.92 Å². The molecule has 1 aliphatic heterocycles. The average molecular weight is 296 g/mol. The van der Waals surface area contributed by atoms with Crippen LogP contribution in [-0.4, -0.2) is 25.1 Å². The molecule has 1 aliphatic rings. The van der Waals surface area contributed by atoms with Crippen LogP contribution in [0.1, 0.15) is 39.2 Å². The molecular formula is C17H25FO3. The summed E-state index contributed by atoms with van der Waals surface area (Å²) in [4.78, 5) is 0. The van der Waals surface area contributed by atoms with Gasteiger partial charge in [-0.1, -0.05) is 32.0 Å². The zero-order chi connectivity index (χ0) is 15.3. The second-order valence-corrected chi connectivity index (χ2v) is 5.90. The molecule has 3 nitrogen and oxygen atoms in total. The van der Waals surface area contributed by atoms with Crippen molar-refractivity contribution in [2.75, 3.05) is 13.2 Å². The maximum absolute atomic E-state index is 13.6. The molecule has 0 radical (unpaired) electrons. The van der Waals surface area contributed by atoms with Gasteiger partial charge in [0.2, 0.25) is 0 Å². The molecule has 1 saturated heterocycles. The van der Waals surface area contributed by atoms with Crippen molar-refractivity contribution in [1.29, 1.82) is 0 Å². The molecule has 0 N–H and O–H groups in total. The van der Waals surface area contributed by atoms with E-state index in [1.54, 1.807) is 18.2 Å². The Morgan fingerprint density at radius 1 is 1.24 bits per heavy atom. The summed E-state index contributed by atoms with van der Waals surface area (Å²) in [6.45, 7) is 7.40. The van der Waals surface area contributed by atoms with Crippen molar-refractivity contribution in [2.45, 2.75) is 52.1 Å². The van der Waals surface area contributed by atoms with Gasteiger partial charge in [-0.2, -0.15) is 0 Å². The fourth-order valence-electron chi connectivity index (χ4n) is 2.50. The molecule has 118 valence electrons. The van der Waals surface area contributed by atoms with Crippen LogP contribution in [0, 0.1) is 11.7 Å². The molecule has 0 unspecified atom stereocenters. The van der Waals surface area contributed by atoms with Crippen LogP contribution in [-0.2, 0) is 20.8 Å². The van der Waals surface area contributed by atoms with E-state index in [2.05, 4.69) is 13.8 Å². The van der Waals surface area contributed by atoms with Gasteiger partial charge in [-0.15, -0.1) is 0 Å². The Balaban J connectivity index is 1.86. The smallest absolute Gasteiger partial charge is 0.160 e. The lowest BCUT2D eigenvalue weighted by molar-refractivity contribution is -0.279. The Labute approximate surface area is 126 Å². The number of hydrogen-bond acceptors (Lipinski definition) is 3. The SMILES string of the molecule is CCC(CC)C1OCC(C)(OCc2ccccc2F)CO1. The minimum Gasteiger partial charge on any atom is -0.366 e. The molecule has 0 spiro atoms. The first kappa shape index (κ1) is 16.4. The first-order valence-electron chi connectivity index (χ1n) is 7.68. The predicted octanol–water partition coefficient (Wildman–Crippen LogP) is 3.91. The van der Waals surface area contributed by atoms with Gasteiger partial charge < -0.3 is 14.2 Å². The van der Waals surface area contributed by atoms with Crippen LogP contribution >= 0.6 is 0 Å². The van der Waals surface area contributed by atoms with Crippen molar-refractivity contribution in [3.05, 3.63) is 35.6 Å². The Morgan fingerprint density at radius 3 is 2.43 bits per heavy atom. The predicted molar refractivity (Wildman–Crippen MR) is 79.4 cm³/mol. The van der Waals surface area contributed by atoms with E-state index < -0.39 is 5.60 Å². The summed E-state index contributed by atoms with van der Waals surface area (Å²) < 4.78 is 31.1. The Kier molecular flexibility index (Phi) is 5.73. The van der Waals surface area contributed by atoms with Gasteiger partial charge in [0.25, 0.3) is 0 Å². The topological polar surface area (TPSA) is 27.7 Å². The summed E-state index contributed by atoms with van der Waals surface area (Å²) in [5.41, 5.74) is 0.0333. The maximum Gasteiger partial charge on any atom is 0.160 e. The number of benzene rings is 1. The molecular weight excluding hydrogens is 271 g/mol. The maximum atomic E-state index is 13.6. The van der Waals surface area contributed by atoms with Crippen LogP contribution in [0.2, 0.25) is 0 Å². The molecule has 2 rings (SSSR count). The highest BCUT2D eigenvalue weighted by molar-refractivity contribution is 5.16. The van der Waals surface area contributed by atoms with Gasteiger partial charge in [0.1, 0.15) is 11.4 Å². The molecule has 0 aliphatic carbocycles. The van der Waals surface area contributed by atoms with Crippen molar-refractivity contribution in [1.82, 2.24) is 0 Å². The van der Waals surface area contributed by atoms with E-state index in [0.717, 1.165) is 12.8 Å². The normalized spacial score (nSPS) is 26.2. The second kappa shape index (κ2) is 7.34. The van der Waals surface area contributed by atoms with Gasteiger partial charge in [0.15, 0.2) is 6.29 Å². The highest BCUT2D eigenvalue weighted by atomic mass is 19.1. The van der Waals surface area contributed by atoms with Gasteiger partial charge in [0, 0.05) is 11.5 Å². The third-order valence-corrected chi connectivity index (χ3v) is 4.07. The minimum atomic E-state index is -0.523. The van der Waals surface area contributed by atoms with Gasteiger partial charge in [-0.3, -0.25) is 0 Å². The molecule has 1 heterocycles. The largest absolute Gasteiger partial charge is 0.366 e. The zero-order valence-electron chi connectivity index (χ0n) is 13.1. The van der Waals surface area contributed by atoms with Crippen LogP contribution in [0.5, 0.6) is 0 Å². The third-order valence-electron chi connectivity index (χ3n) is 4.07. The Bertz CT molecular complexity index is 437. The van der Waals surface area contributed by atoms with Crippen molar-refractivity contribution in [2.24, 2.45) is 5.92 Å². The van der Waals surface area contributed by atoms with Crippen LogP contribution in [0.25, 0.3) is 0 Å². The number of halogens is 1. The number of hydrogen-bond donors (Lipinski definition) is 0. The van der Waals surface area contributed by atoms with Crippen molar-refractivity contribution < 1.29 is 18.6 Å². The zero-order valence-corrected chi connectivity index (χ0v) is 13.1. The Hall–Kier alpha value is -0.970. The van der Waals surface area contributed by atoms with Gasteiger partial charge in [0.05, 0.1) is 19.8 Å². The van der Waals surface area contributed by atoms with E-state index in [1.165, 1.54) is 6.07 Å². The fraction of sp³-hybridized carbons (Fsp3) is 0.647. The number of rotatable bonds is 6. The van der Waals surface area contributed by atoms with Crippen LogP contribution in [0.15, 0.2) is 24.3 Å². The van der Waals surface area contributed by atoms with Crippen molar-refractivity contribution >= 4 is 0 Å². The highest BCUT2D eigenvalue weighted by Gasteiger charge is 2.36. The standard InChI is InChI=1S/C17H25FO3/c1-4-13(5-2)16-19-11-17(3,12-20-16)21-10-14-8-6-7-9-15(14)18/h6-9,13,16H,4-5,10-12H2,1-3H3. The van der Waals surface area contributed by atoms with E-state index in [4.69, 9.17) is 14.2 Å². The van der Waals surface area contributed by atoms with E-state index in [0.29, 0.717) is 24.7 Å². The van der Waals surface area contributed by atoms with Gasteiger partial charge in [-0.05, 0) is 25.8 Å². The van der Waals surface area contributed by atoms with E-state index >= 15 is 0 Å². The first-order valence-corrected chi connectivity index (χ1v) is 7.68. The molecule has 1 aromatic carbocycles. The molecule has 0 aromatic heterocycles. The average Bonchev–Trinajstić information content (AvgIpc) is 2.50. The van der Waals surface area contributed by atoms with Gasteiger partial charge >= 0.3 is 0 Å². The molecule has 4 heteroatoms. The summed E-state index contributed by atoms with van der Waals surface area (Å²) >= 11 is 0. The fourth-order valence-corrected chi connectivity index (χ4v) is 2.50. The van der Waals surface area contributed by atoms with E-state index in [9.17, 15) is 4.39 Å². The monoisotopic (exact) mass is 296 g/mol. The summed E-state index contributed by atoms with van der Waals surface area (Å²) in [5.74, 6) is 0.176. The molecule has 0 bridgehead atoms. The summed E-state index contributed by atoms with van der Waals surface area (Å²) in [6.07, 6.45) is 1.92. The number of ether oxygens (including phenoxy) is 3. The summed E-state index contributed by atoms with van der Waals surface area (Å²) in [7, 11) is 0. The Morgan fingerprint density at radius 2 is 1.86 bits per heavy atom. The minimum absolute atomic E-state index is 0.148. The summed E-state index contributed by atoms with van der Waals surface area (Å²) in [6, 6.07) is 6.66. The molecule has 0 saturated carbocycles. The molecule has 21 heavy (non-hydrogen) atoms. The van der Waals surface area contributed by atoms with Crippen LogP contribution < -0.4 is 0 Å².